The van der Waals surface area contributed by atoms with Gasteiger partial charge in [-0.3, -0.25) is 9.59 Å². The third-order valence-electron chi connectivity index (χ3n) is 8.05. The lowest BCUT2D eigenvalue weighted by Gasteiger charge is -2.33. The number of unbranched alkanes of at least 4 members (excludes halogenated alkanes) is 4. The number of hydrogen-bond donors (Lipinski definition) is 3. The molecule has 0 aliphatic rings. The van der Waals surface area contributed by atoms with Gasteiger partial charge in [0.1, 0.15) is 5.60 Å². The largest absolute Gasteiger partial charge is 0.465 e. The molecule has 0 fully saturated rings. The van der Waals surface area contributed by atoms with Crippen LogP contribution in [-0.4, -0.2) is 92.3 Å². The van der Waals surface area contributed by atoms with Crippen molar-refractivity contribution in [3.63, 3.8) is 0 Å². The van der Waals surface area contributed by atoms with Gasteiger partial charge >= 0.3 is 12.2 Å². The summed E-state index contributed by atoms with van der Waals surface area (Å²) in [6, 6.07) is 19.2. The van der Waals surface area contributed by atoms with E-state index in [1.165, 1.54) is 4.90 Å². The third-order valence-corrected chi connectivity index (χ3v) is 8.05. The predicted octanol–water partition coefficient (Wildman–Crippen LogP) is 6.83. The Balaban J connectivity index is 1.99. The maximum absolute atomic E-state index is 13.5. The smallest absolute Gasteiger partial charge is 0.407 e. The van der Waals surface area contributed by atoms with Gasteiger partial charge in [-0.2, -0.15) is 0 Å². The predicted molar refractivity (Wildman–Crippen MR) is 195 cm³/mol. The molecule has 0 aromatic heterocycles. The Labute approximate surface area is 299 Å². The molecule has 11 nitrogen and oxygen atoms in total. The zero-order chi connectivity index (χ0) is 37.2. The quantitative estimate of drug-likeness (QED) is 0.129. The Kier molecular flexibility index (Phi) is 17.8. The van der Waals surface area contributed by atoms with Crippen molar-refractivity contribution >= 4 is 24.0 Å². The molecule has 1 atom stereocenters. The number of carbonyl (C=O) groups excluding carboxylic acids is 3. The molecule has 0 heterocycles. The summed E-state index contributed by atoms with van der Waals surface area (Å²) in [7, 11) is 0. The fourth-order valence-electron chi connectivity index (χ4n) is 5.52. The lowest BCUT2D eigenvalue weighted by Crippen LogP contribution is -2.45. The molecule has 4 amide bonds. The van der Waals surface area contributed by atoms with Crippen LogP contribution in [0, 0.1) is 0 Å². The van der Waals surface area contributed by atoms with Gasteiger partial charge in [0.15, 0.2) is 0 Å². The molecule has 0 aliphatic heterocycles. The summed E-state index contributed by atoms with van der Waals surface area (Å²) in [4.78, 5) is 55.2. The van der Waals surface area contributed by atoms with Crippen LogP contribution in [0.15, 0.2) is 60.7 Å². The monoisotopic (exact) mass is 696 g/mol. The number of carbonyl (C=O) groups is 4. The first-order valence-corrected chi connectivity index (χ1v) is 17.8. The second kappa shape index (κ2) is 21.2. The maximum atomic E-state index is 13.5. The second-order valence-electron chi connectivity index (χ2n) is 14.8. The molecule has 0 radical (unpaired) electrons. The van der Waals surface area contributed by atoms with Gasteiger partial charge in [-0.25, -0.2) is 9.59 Å². The molecule has 0 spiro atoms. The van der Waals surface area contributed by atoms with E-state index in [0.29, 0.717) is 64.7 Å². The lowest BCUT2D eigenvalue weighted by atomic mass is 10.1. The Morgan fingerprint density at radius 1 is 0.700 bits per heavy atom. The van der Waals surface area contributed by atoms with E-state index in [1.807, 2.05) is 102 Å². The van der Waals surface area contributed by atoms with Crippen LogP contribution in [0.3, 0.4) is 0 Å². The number of nitrogens with one attached hydrogen (secondary N) is 1. The van der Waals surface area contributed by atoms with Crippen LogP contribution >= 0.6 is 0 Å². The van der Waals surface area contributed by atoms with Crippen LogP contribution < -0.4 is 5.32 Å². The molecule has 2 aromatic rings. The lowest BCUT2D eigenvalue weighted by molar-refractivity contribution is -0.135. The highest BCUT2D eigenvalue weighted by atomic mass is 16.6. The van der Waals surface area contributed by atoms with Gasteiger partial charge in [-0.05, 0) is 78.4 Å². The molecule has 0 saturated heterocycles. The first kappa shape index (κ1) is 42.0. The van der Waals surface area contributed by atoms with Crippen LogP contribution in [0.4, 0.5) is 9.59 Å². The molecular formula is C39H60N4O7. The van der Waals surface area contributed by atoms with E-state index in [2.05, 4.69) is 5.32 Å². The van der Waals surface area contributed by atoms with Crippen molar-refractivity contribution < 1.29 is 34.1 Å². The summed E-state index contributed by atoms with van der Waals surface area (Å²) in [5.41, 5.74) is 0.823. The topological polar surface area (TPSA) is 140 Å². The number of rotatable bonds is 20. The molecule has 1 unspecified atom stereocenters. The molecule has 0 bridgehead atoms. The number of ether oxygens (including phenoxy) is 1. The van der Waals surface area contributed by atoms with Gasteiger partial charge in [-0.15, -0.1) is 0 Å². The van der Waals surface area contributed by atoms with Crippen LogP contribution in [0.25, 0.3) is 0 Å². The first-order chi connectivity index (χ1) is 23.5. The van der Waals surface area contributed by atoms with Crippen molar-refractivity contribution in [2.24, 2.45) is 0 Å². The number of alkyl carbamates (subject to hydrolysis) is 1. The van der Waals surface area contributed by atoms with Crippen LogP contribution in [0.5, 0.6) is 0 Å². The molecule has 2 aromatic carbocycles. The average Bonchev–Trinajstić information content (AvgIpc) is 3.02. The summed E-state index contributed by atoms with van der Waals surface area (Å²) in [5.74, 6) is -0.181. The highest BCUT2D eigenvalue weighted by molar-refractivity contribution is 5.77. The summed E-state index contributed by atoms with van der Waals surface area (Å²) < 4.78 is 5.26. The molecule has 278 valence electrons. The van der Waals surface area contributed by atoms with E-state index in [-0.39, 0.29) is 31.3 Å². The van der Waals surface area contributed by atoms with Gasteiger partial charge in [0.05, 0.1) is 6.10 Å². The fraction of sp³-hybridized carbons (Fsp3) is 0.590. The molecule has 2 rings (SSSR count). The van der Waals surface area contributed by atoms with Crippen LogP contribution in [0.1, 0.15) is 104 Å². The number of amides is 4. The number of aliphatic hydroxyl groups is 1. The molecule has 0 aliphatic carbocycles. The third kappa shape index (κ3) is 17.5. The van der Waals surface area contributed by atoms with Crippen molar-refractivity contribution in [3.05, 3.63) is 71.8 Å². The van der Waals surface area contributed by atoms with Crippen LogP contribution in [0.2, 0.25) is 0 Å². The van der Waals surface area contributed by atoms with Gasteiger partial charge in [0.2, 0.25) is 11.8 Å². The Morgan fingerprint density at radius 3 is 1.58 bits per heavy atom. The van der Waals surface area contributed by atoms with E-state index >= 15 is 0 Å². The summed E-state index contributed by atoms with van der Waals surface area (Å²) in [6.45, 7) is 12.7. The van der Waals surface area contributed by atoms with Crippen molar-refractivity contribution in [2.75, 3.05) is 26.2 Å². The minimum absolute atomic E-state index is 0.0689. The average molecular weight is 697 g/mol. The van der Waals surface area contributed by atoms with E-state index in [9.17, 15) is 29.4 Å². The molecule has 50 heavy (non-hydrogen) atoms. The van der Waals surface area contributed by atoms with E-state index in [4.69, 9.17) is 4.74 Å². The van der Waals surface area contributed by atoms with E-state index in [0.717, 1.165) is 17.5 Å². The SMILES string of the molecule is CC(C)(C)OC(=O)NCCCCCC(=O)N(Cc1ccccc1)CC(O)CN(Cc1ccccc1)C(=O)CCCCCN(C(=O)O)C(C)(C)C. The standard InChI is InChI=1S/C39H60N4O7/c1-38(2,3)43(37(48)49)26-18-10-16-24-35(46)42(28-32-21-13-8-14-22-32)30-33(44)29-41(27-31-19-11-7-12-20-31)34(45)23-15-9-17-25-40-36(47)50-39(4,5)6/h7-8,11-14,19-22,33,44H,9-10,15-18,23-30H2,1-6H3,(H,40,47)(H,48,49). The van der Waals surface area contributed by atoms with Crippen LogP contribution in [-0.2, 0) is 27.4 Å². The normalized spacial score (nSPS) is 12.1. The molecule has 0 saturated carbocycles. The first-order valence-electron chi connectivity index (χ1n) is 17.8. The van der Waals surface area contributed by atoms with Crippen molar-refractivity contribution in [3.8, 4) is 0 Å². The zero-order valence-electron chi connectivity index (χ0n) is 31.0. The van der Waals surface area contributed by atoms with Crippen molar-refractivity contribution in [2.45, 2.75) is 123 Å². The fourth-order valence-corrected chi connectivity index (χ4v) is 5.52. The highest BCUT2D eigenvalue weighted by Crippen LogP contribution is 2.17. The van der Waals surface area contributed by atoms with Crippen molar-refractivity contribution in [1.29, 1.82) is 0 Å². The Bertz CT molecular complexity index is 1310. The van der Waals surface area contributed by atoms with Gasteiger partial charge < -0.3 is 35.0 Å². The van der Waals surface area contributed by atoms with Gasteiger partial charge in [0, 0.05) is 57.6 Å². The number of carboxylic acid groups (broad SMARTS) is 1. The number of hydrogen-bond acceptors (Lipinski definition) is 6. The van der Waals surface area contributed by atoms with Crippen molar-refractivity contribution in [1.82, 2.24) is 20.0 Å². The summed E-state index contributed by atoms with van der Waals surface area (Å²) in [5, 5.41) is 23.6. The molecule has 11 heteroatoms. The number of benzene rings is 2. The molecular weight excluding hydrogens is 636 g/mol. The minimum Gasteiger partial charge on any atom is -0.465 e. The van der Waals surface area contributed by atoms with E-state index < -0.39 is 29.4 Å². The molecule has 3 N–H and O–H groups in total. The Morgan fingerprint density at radius 2 is 1.16 bits per heavy atom. The second-order valence-corrected chi connectivity index (χ2v) is 14.8. The minimum atomic E-state index is -0.968. The highest BCUT2D eigenvalue weighted by Gasteiger charge is 2.26. The van der Waals surface area contributed by atoms with Gasteiger partial charge in [-0.1, -0.05) is 73.5 Å². The summed E-state index contributed by atoms with van der Waals surface area (Å²) >= 11 is 0. The summed E-state index contributed by atoms with van der Waals surface area (Å²) in [6.07, 6.45) is 2.22. The zero-order valence-corrected chi connectivity index (χ0v) is 31.0. The Hall–Kier alpha value is -4.12. The van der Waals surface area contributed by atoms with Gasteiger partial charge in [0.25, 0.3) is 0 Å². The maximum Gasteiger partial charge on any atom is 0.407 e. The number of nitrogens with zero attached hydrogens (tertiary/aromatic N) is 3. The number of aliphatic hydroxyl groups excluding tert-OH is 1. The van der Waals surface area contributed by atoms with E-state index in [1.54, 1.807) is 9.80 Å².